The van der Waals surface area contributed by atoms with E-state index in [1.807, 2.05) is 139 Å². The SMILES string of the molecule is Cc1ccc(S(=O)(=O)n2cncc2C[C@@H](NC(=O)OC(C)(C)C)C(=O)N[C@@H]2CCc3ccccc3N(Cc3ccc(-c4ccccc4-c4nnnn4C(c4ccccc4)(c4ccccc4)c4ccccc4)cc3)C2=O)cc1. The summed E-state index contributed by atoms with van der Waals surface area (Å²) in [5, 5.41) is 19.4. The van der Waals surface area contributed by atoms with Crippen molar-refractivity contribution in [3.63, 3.8) is 0 Å². The van der Waals surface area contributed by atoms with E-state index in [-0.39, 0.29) is 35.9 Å². The van der Waals surface area contributed by atoms with Gasteiger partial charge in [-0.25, -0.2) is 26.9 Å². The van der Waals surface area contributed by atoms with E-state index in [0.717, 1.165) is 60.4 Å². The third-order valence-corrected chi connectivity index (χ3v) is 15.4. The van der Waals surface area contributed by atoms with Gasteiger partial charge in [0.05, 0.1) is 17.1 Å². The normalized spacial score (nSPS) is 14.3. The summed E-state index contributed by atoms with van der Waals surface area (Å²) >= 11 is 0. The zero-order chi connectivity index (χ0) is 53.7. The second kappa shape index (κ2) is 21.7. The molecule has 0 radical (unpaired) electrons. The maximum atomic E-state index is 14.9. The molecule has 0 saturated carbocycles. The van der Waals surface area contributed by atoms with Gasteiger partial charge in [0.25, 0.3) is 10.0 Å². The van der Waals surface area contributed by atoms with Crippen LogP contribution in [0.15, 0.2) is 205 Å². The lowest BCUT2D eigenvalue weighted by molar-refractivity contribution is -0.129. The standard InChI is InChI=1S/C61H57N9O6S/c1-42-28-35-50(36-29-42)77(74,75)69-41-62-39-49(69)38-54(64-59(73)76-60(2,3)4)57(71)63-53-37-34-45-18-14-17-27-55(45)68(58(53)72)40-43-30-32-44(33-31-43)51-25-15-16-26-52(51)56-65-66-67-70(56)61(46-19-8-5-9-20-46,47-21-10-6-11-22-47)48-23-12-7-13-24-48/h5-33,35-36,39,41,53-54H,34,37-38,40H2,1-4H3,(H,63,71)(H,64,73)/t53-,54-/m1/s1. The summed E-state index contributed by atoms with van der Waals surface area (Å²) in [5.74, 6) is -0.503. The number of ether oxygens (including phenoxy) is 1. The Balaban J connectivity index is 0.943. The first kappa shape index (κ1) is 51.5. The summed E-state index contributed by atoms with van der Waals surface area (Å²) in [7, 11) is -4.14. The van der Waals surface area contributed by atoms with Crippen molar-refractivity contribution in [1.29, 1.82) is 0 Å². The van der Waals surface area contributed by atoms with Gasteiger partial charge in [-0.05, 0) is 108 Å². The van der Waals surface area contributed by atoms with Crippen LogP contribution < -0.4 is 15.5 Å². The van der Waals surface area contributed by atoms with Gasteiger partial charge in [0.2, 0.25) is 11.8 Å². The molecule has 388 valence electrons. The number of hydrogen-bond donors (Lipinski definition) is 2. The van der Waals surface area contributed by atoms with Gasteiger partial charge in [-0.3, -0.25) is 9.59 Å². The Morgan fingerprint density at radius 2 is 1.31 bits per heavy atom. The Morgan fingerprint density at radius 1 is 0.727 bits per heavy atom. The van der Waals surface area contributed by atoms with Crippen LogP contribution in [-0.4, -0.2) is 73.2 Å². The molecule has 2 atom stereocenters. The first-order chi connectivity index (χ1) is 37.2. The van der Waals surface area contributed by atoms with Crippen molar-refractivity contribution in [2.75, 3.05) is 4.90 Å². The first-order valence-corrected chi connectivity index (χ1v) is 26.8. The summed E-state index contributed by atoms with van der Waals surface area (Å²) in [6.07, 6.45) is 2.02. The van der Waals surface area contributed by atoms with Crippen LogP contribution in [0.3, 0.4) is 0 Å². The molecule has 2 aromatic heterocycles. The lowest BCUT2D eigenvalue weighted by atomic mass is 9.77. The van der Waals surface area contributed by atoms with Gasteiger partial charge in [0.15, 0.2) is 5.82 Å². The molecule has 9 aromatic rings. The molecule has 3 heterocycles. The van der Waals surface area contributed by atoms with Gasteiger partial charge in [-0.1, -0.05) is 175 Å². The molecular formula is C61H57N9O6S. The summed E-state index contributed by atoms with van der Waals surface area (Å²) in [6, 6.07) is 58.4. The van der Waals surface area contributed by atoms with Crippen LogP contribution in [0.5, 0.6) is 0 Å². The number of carbonyl (C=O) groups excluding carboxylic acids is 3. The average Bonchev–Trinajstić information content (AvgIpc) is 4.11. The Hall–Kier alpha value is -9.02. The Morgan fingerprint density at radius 3 is 1.94 bits per heavy atom. The van der Waals surface area contributed by atoms with Gasteiger partial charge < -0.3 is 20.3 Å². The molecule has 1 aliphatic rings. The number of para-hydroxylation sites is 1. The van der Waals surface area contributed by atoms with E-state index in [1.165, 1.54) is 18.3 Å². The van der Waals surface area contributed by atoms with E-state index in [1.54, 1.807) is 37.8 Å². The molecule has 16 heteroatoms. The van der Waals surface area contributed by atoms with Crippen LogP contribution in [0.2, 0.25) is 0 Å². The van der Waals surface area contributed by atoms with Gasteiger partial charge in [0.1, 0.15) is 29.6 Å². The number of amides is 3. The minimum Gasteiger partial charge on any atom is -0.444 e. The highest BCUT2D eigenvalue weighted by molar-refractivity contribution is 7.90. The number of hydrogen-bond acceptors (Lipinski definition) is 10. The number of nitrogens with one attached hydrogen (secondary N) is 2. The summed E-state index contributed by atoms with van der Waals surface area (Å²) in [6.45, 7) is 7.09. The molecule has 0 saturated heterocycles. The fourth-order valence-corrected chi connectivity index (χ4v) is 11.4. The molecule has 0 fully saturated rings. The lowest BCUT2D eigenvalue weighted by Gasteiger charge is -2.36. The quantitative estimate of drug-likeness (QED) is 0.0938. The highest BCUT2D eigenvalue weighted by Gasteiger charge is 2.42. The third kappa shape index (κ3) is 10.6. The molecule has 77 heavy (non-hydrogen) atoms. The van der Waals surface area contributed by atoms with Crippen LogP contribution in [0.4, 0.5) is 10.5 Å². The predicted octanol–water partition coefficient (Wildman–Crippen LogP) is 9.69. The van der Waals surface area contributed by atoms with Crippen molar-refractivity contribution in [2.45, 2.75) is 81.6 Å². The number of alkyl carbamates (subject to hydrolysis) is 1. The molecule has 0 spiro atoms. The van der Waals surface area contributed by atoms with Gasteiger partial charge in [-0.15, -0.1) is 5.10 Å². The summed E-state index contributed by atoms with van der Waals surface area (Å²) in [5.41, 5.74) is 7.13. The van der Waals surface area contributed by atoms with E-state index < -0.39 is 45.2 Å². The minimum atomic E-state index is -4.14. The zero-order valence-electron chi connectivity index (χ0n) is 43.0. The Labute approximate surface area is 447 Å². The second-order valence-corrected chi connectivity index (χ2v) is 21.8. The molecule has 0 unspecified atom stereocenters. The van der Waals surface area contributed by atoms with Gasteiger partial charge >= 0.3 is 6.09 Å². The van der Waals surface area contributed by atoms with Crippen molar-refractivity contribution in [2.24, 2.45) is 0 Å². The van der Waals surface area contributed by atoms with Crippen LogP contribution in [-0.2, 0) is 49.3 Å². The van der Waals surface area contributed by atoms with E-state index in [4.69, 9.17) is 15.0 Å². The van der Waals surface area contributed by atoms with Crippen molar-refractivity contribution < 1.29 is 27.5 Å². The van der Waals surface area contributed by atoms with Gasteiger partial charge in [0, 0.05) is 23.9 Å². The molecule has 7 aromatic carbocycles. The van der Waals surface area contributed by atoms with E-state index in [2.05, 4.69) is 57.2 Å². The molecule has 3 amide bonds. The van der Waals surface area contributed by atoms with Crippen molar-refractivity contribution in [3.8, 4) is 22.5 Å². The molecule has 2 N–H and O–H groups in total. The smallest absolute Gasteiger partial charge is 0.408 e. The number of benzene rings is 7. The van der Waals surface area contributed by atoms with Crippen molar-refractivity contribution in [3.05, 3.63) is 240 Å². The molecule has 10 rings (SSSR count). The monoisotopic (exact) mass is 1040 g/mol. The number of rotatable bonds is 15. The number of aromatic nitrogens is 6. The van der Waals surface area contributed by atoms with Crippen LogP contribution in [0.25, 0.3) is 22.5 Å². The van der Waals surface area contributed by atoms with Crippen molar-refractivity contribution in [1.82, 2.24) is 39.8 Å². The average molecular weight is 1040 g/mol. The van der Waals surface area contributed by atoms with Gasteiger partial charge in [-0.2, -0.15) is 0 Å². The fourth-order valence-electron chi connectivity index (χ4n) is 10.0. The fraction of sp³-hybridized carbons (Fsp3) is 0.197. The van der Waals surface area contributed by atoms with E-state index >= 15 is 0 Å². The molecule has 0 aliphatic carbocycles. The number of aryl methyl sites for hydroxylation is 2. The Bertz CT molecular complexity index is 3560. The Kier molecular flexibility index (Phi) is 14.5. The van der Waals surface area contributed by atoms with Crippen molar-refractivity contribution >= 4 is 33.6 Å². The number of nitrogens with zero attached hydrogens (tertiary/aromatic N) is 7. The maximum Gasteiger partial charge on any atom is 0.408 e. The second-order valence-electron chi connectivity index (χ2n) is 20.0. The largest absolute Gasteiger partial charge is 0.444 e. The van der Waals surface area contributed by atoms with E-state index in [9.17, 15) is 22.8 Å². The zero-order valence-corrected chi connectivity index (χ0v) is 43.8. The summed E-state index contributed by atoms with van der Waals surface area (Å²) in [4.78, 5) is 48.6. The summed E-state index contributed by atoms with van der Waals surface area (Å²) < 4.78 is 36.2. The number of tetrazole rings is 1. The maximum absolute atomic E-state index is 14.9. The topological polar surface area (TPSA) is 183 Å². The molecular weight excluding hydrogens is 987 g/mol. The molecule has 15 nitrogen and oxygen atoms in total. The molecule has 1 aliphatic heterocycles. The highest BCUT2D eigenvalue weighted by atomic mass is 32.2. The third-order valence-electron chi connectivity index (χ3n) is 13.7. The highest BCUT2D eigenvalue weighted by Crippen LogP contribution is 2.43. The van der Waals surface area contributed by atoms with Crippen LogP contribution in [0.1, 0.15) is 66.3 Å². The lowest BCUT2D eigenvalue weighted by Crippen LogP contribution is -2.55. The number of carbonyl (C=O) groups is 3. The number of anilines is 1. The van der Waals surface area contributed by atoms with Crippen LogP contribution in [0, 0.1) is 6.92 Å². The predicted molar refractivity (Wildman–Crippen MR) is 294 cm³/mol. The van der Waals surface area contributed by atoms with Crippen LogP contribution >= 0.6 is 0 Å². The first-order valence-electron chi connectivity index (χ1n) is 25.4. The van der Waals surface area contributed by atoms with E-state index in [0.29, 0.717) is 17.9 Å². The number of imidazole rings is 1. The number of fused-ring (bicyclic) bond motifs is 1. The minimum absolute atomic E-state index is 0.0263. The molecule has 0 bridgehead atoms.